The van der Waals surface area contributed by atoms with Gasteiger partial charge >= 0.3 is 0 Å². The SMILES string of the molecule is COc1c(C#N)sc2c(I)cccc12. The third kappa shape index (κ3) is 1.37. The third-order valence-electron chi connectivity index (χ3n) is 1.93. The van der Waals surface area contributed by atoms with Crippen LogP contribution in [-0.4, -0.2) is 7.11 Å². The van der Waals surface area contributed by atoms with Crippen LogP contribution >= 0.6 is 33.9 Å². The number of fused-ring (bicyclic) bond motifs is 1. The maximum Gasteiger partial charge on any atom is 0.155 e. The Labute approximate surface area is 99.3 Å². The van der Waals surface area contributed by atoms with Gasteiger partial charge in [-0.1, -0.05) is 6.07 Å². The monoisotopic (exact) mass is 315 g/mol. The van der Waals surface area contributed by atoms with E-state index in [4.69, 9.17) is 10.00 Å². The van der Waals surface area contributed by atoms with Crippen LogP contribution in [0, 0.1) is 14.9 Å². The lowest BCUT2D eigenvalue weighted by Gasteiger charge is -1.97. The van der Waals surface area contributed by atoms with Gasteiger partial charge in [0.1, 0.15) is 10.9 Å². The van der Waals surface area contributed by atoms with Gasteiger partial charge in [-0.25, -0.2) is 0 Å². The van der Waals surface area contributed by atoms with Crippen LogP contribution in [0.5, 0.6) is 5.75 Å². The Hall–Kier alpha value is -0.800. The largest absolute Gasteiger partial charge is 0.494 e. The van der Waals surface area contributed by atoms with E-state index >= 15 is 0 Å². The van der Waals surface area contributed by atoms with E-state index in [1.807, 2.05) is 18.2 Å². The van der Waals surface area contributed by atoms with E-state index in [0.717, 1.165) is 13.7 Å². The molecule has 0 spiro atoms. The molecule has 2 rings (SSSR count). The minimum absolute atomic E-state index is 0.645. The zero-order chi connectivity index (χ0) is 10.1. The summed E-state index contributed by atoms with van der Waals surface area (Å²) in [5.41, 5.74) is 0. The normalized spacial score (nSPS) is 10.1. The van der Waals surface area contributed by atoms with E-state index < -0.39 is 0 Å². The van der Waals surface area contributed by atoms with Gasteiger partial charge in [0, 0.05) is 8.96 Å². The minimum atomic E-state index is 0.645. The summed E-state index contributed by atoms with van der Waals surface area (Å²) in [6.45, 7) is 0. The summed E-state index contributed by atoms with van der Waals surface area (Å²) >= 11 is 3.75. The third-order valence-corrected chi connectivity index (χ3v) is 4.32. The van der Waals surface area contributed by atoms with Gasteiger partial charge in [0.15, 0.2) is 5.75 Å². The van der Waals surface area contributed by atoms with E-state index in [9.17, 15) is 0 Å². The van der Waals surface area contributed by atoms with Gasteiger partial charge in [-0.3, -0.25) is 0 Å². The number of halogens is 1. The summed E-state index contributed by atoms with van der Waals surface area (Å²) in [6.07, 6.45) is 0. The topological polar surface area (TPSA) is 33.0 Å². The number of nitrogens with zero attached hydrogens (tertiary/aromatic N) is 1. The van der Waals surface area contributed by atoms with Gasteiger partial charge in [0.25, 0.3) is 0 Å². The summed E-state index contributed by atoms with van der Waals surface area (Å²) in [4.78, 5) is 0.645. The summed E-state index contributed by atoms with van der Waals surface area (Å²) in [5.74, 6) is 0.700. The molecule has 0 N–H and O–H groups in total. The number of ether oxygens (including phenoxy) is 1. The van der Waals surface area contributed by atoms with E-state index in [2.05, 4.69) is 28.7 Å². The summed E-state index contributed by atoms with van der Waals surface area (Å²) in [5, 5.41) is 9.95. The van der Waals surface area contributed by atoms with Crippen molar-refractivity contribution in [2.45, 2.75) is 0 Å². The van der Waals surface area contributed by atoms with E-state index in [1.54, 1.807) is 7.11 Å². The fraction of sp³-hybridized carbons (Fsp3) is 0.100. The van der Waals surface area contributed by atoms with Gasteiger partial charge in [-0.15, -0.1) is 11.3 Å². The van der Waals surface area contributed by atoms with Crippen molar-refractivity contribution in [3.63, 3.8) is 0 Å². The number of nitriles is 1. The van der Waals surface area contributed by atoms with Crippen LogP contribution in [0.1, 0.15) is 4.88 Å². The molecule has 1 heterocycles. The van der Waals surface area contributed by atoms with Crippen molar-refractivity contribution in [3.8, 4) is 11.8 Å². The second kappa shape index (κ2) is 3.75. The van der Waals surface area contributed by atoms with E-state index in [1.165, 1.54) is 11.3 Å². The first-order valence-corrected chi connectivity index (χ1v) is 5.82. The van der Waals surface area contributed by atoms with Crippen molar-refractivity contribution in [1.29, 1.82) is 5.26 Å². The highest BCUT2D eigenvalue weighted by Gasteiger charge is 2.13. The Morgan fingerprint density at radius 1 is 1.50 bits per heavy atom. The lowest BCUT2D eigenvalue weighted by Crippen LogP contribution is -1.82. The Kier molecular flexibility index (Phi) is 2.61. The van der Waals surface area contributed by atoms with Crippen LogP contribution in [0.3, 0.4) is 0 Å². The average molecular weight is 315 g/mol. The highest BCUT2D eigenvalue weighted by Crippen LogP contribution is 2.39. The quantitative estimate of drug-likeness (QED) is 0.756. The summed E-state index contributed by atoms with van der Waals surface area (Å²) < 4.78 is 7.51. The number of benzene rings is 1. The van der Waals surface area contributed by atoms with Crippen LogP contribution in [0.25, 0.3) is 10.1 Å². The maximum atomic E-state index is 8.92. The molecule has 0 fully saturated rings. The zero-order valence-corrected chi connectivity index (χ0v) is 10.3. The molecule has 0 saturated heterocycles. The Morgan fingerprint density at radius 2 is 2.29 bits per heavy atom. The van der Waals surface area contributed by atoms with Gasteiger partial charge in [0.05, 0.1) is 11.8 Å². The molecule has 0 bridgehead atoms. The van der Waals surface area contributed by atoms with E-state index in [0.29, 0.717) is 10.6 Å². The van der Waals surface area contributed by atoms with Crippen molar-refractivity contribution < 1.29 is 4.74 Å². The number of hydrogen-bond donors (Lipinski definition) is 0. The Morgan fingerprint density at radius 3 is 2.93 bits per heavy atom. The predicted molar refractivity (Wildman–Crippen MR) is 65.8 cm³/mol. The number of rotatable bonds is 1. The van der Waals surface area contributed by atoms with Crippen LogP contribution in [0.15, 0.2) is 18.2 Å². The van der Waals surface area contributed by atoms with Crippen LogP contribution in [0.2, 0.25) is 0 Å². The molecule has 1 aromatic heterocycles. The molecule has 14 heavy (non-hydrogen) atoms. The first kappa shape index (κ1) is 9.74. The van der Waals surface area contributed by atoms with Gasteiger partial charge < -0.3 is 4.74 Å². The van der Waals surface area contributed by atoms with E-state index in [-0.39, 0.29) is 0 Å². The smallest absolute Gasteiger partial charge is 0.155 e. The first-order chi connectivity index (χ1) is 6.77. The summed E-state index contributed by atoms with van der Waals surface area (Å²) in [6, 6.07) is 8.13. The van der Waals surface area contributed by atoms with Gasteiger partial charge in [-0.05, 0) is 34.7 Å². The molecule has 0 saturated carbocycles. The first-order valence-electron chi connectivity index (χ1n) is 3.93. The zero-order valence-electron chi connectivity index (χ0n) is 7.37. The number of thiophene rings is 1. The van der Waals surface area contributed by atoms with Gasteiger partial charge in [-0.2, -0.15) is 5.26 Å². The maximum absolute atomic E-state index is 8.92. The number of hydrogen-bond acceptors (Lipinski definition) is 3. The van der Waals surface area contributed by atoms with Crippen LogP contribution in [0.4, 0.5) is 0 Å². The molecule has 0 aliphatic heterocycles. The lowest BCUT2D eigenvalue weighted by molar-refractivity contribution is 0.420. The van der Waals surface area contributed by atoms with Crippen LogP contribution in [-0.2, 0) is 0 Å². The second-order valence-corrected chi connectivity index (χ2v) is 4.88. The van der Waals surface area contributed by atoms with Crippen molar-refractivity contribution >= 4 is 44.0 Å². The number of methoxy groups -OCH3 is 1. The fourth-order valence-electron chi connectivity index (χ4n) is 1.34. The molecule has 0 amide bonds. The molecular weight excluding hydrogens is 309 g/mol. The minimum Gasteiger partial charge on any atom is -0.494 e. The molecule has 0 aliphatic rings. The predicted octanol–water partition coefficient (Wildman–Crippen LogP) is 3.39. The highest BCUT2D eigenvalue weighted by molar-refractivity contribution is 14.1. The summed E-state index contributed by atoms with van der Waals surface area (Å²) in [7, 11) is 1.60. The van der Waals surface area contributed by atoms with Crippen LogP contribution < -0.4 is 4.74 Å². The second-order valence-electron chi connectivity index (χ2n) is 2.69. The van der Waals surface area contributed by atoms with Crippen molar-refractivity contribution in [2.24, 2.45) is 0 Å². The fourth-order valence-corrected chi connectivity index (χ4v) is 3.14. The Balaban J connectivity index is 2.88. The molecule has 4 heteroatoms. The molecule has 0 atom stereocenters. The molecule has 2 aromatic rings. The Bertz CT molecular complexity index is 527. The van der Waals surface area contributed by atoms with Crippen molar-refractivity contribution in [1.82, 2.24) is 0 Å². The van der Waals surface area contributed by atoms with Crippen molar-refractivity contribution in [3.05, 3.63) is 26.6 Å². The molecule has 0 radical (unpaired) electrons. The molecular formula is C10H6INOS. The lowest BCUT2D eigenvalue weighted by atomic mass is 10.2. The molecule has 2 nitrogen and oxygen atoms in total. The van der Waals surface area contributed by atoms with Crippen molar-refractivity contribution in [2.75, 3.05) is 7.11 Å². The molecule has 70 valence electrons. The average Bonchev–Trinajstić information content (AvgIpc) is 2.57. The highest BCUT2D eigenvalue weighted by atomic mass is 127. The standard InChI is InChI=1S/C10H6INOS/c1-13-9-6-3-2-4-7(11)10(6)14-8(9)5-12/h2-4H,1H3. The van der Waals surface area contributed by atoms with Gasteiger partial charge in [0.2, 0.25) is 0 Å². The molecule has 0 unspecified atom stereocenters. The molecule has 1 aromatic carbocycles. The molecule has 0 aliphatic carbocycles.